The molecule has 236 valence electrons. The SMILES string of the molecule is C1=CCC(c2ccc(C3=C4C=CCCC4C(c4ccc(-c5cccc6c5sc5ccccc56)cc4)C4CC=CC=C34)c3ccccc23)C=C1. The topological polar surface area (TPSA) is 0 Å². The van der Waals surface area contributed by atoms with Crippen LogP contribution in [0.2, 0.25) is 0 Å². The Morgan fingerprint density at radius 2 is 1.41 bits per heavy atom. The molecule has 6 aromatic rings. The van der Waals surface area contributed by atoms with Crippen molar-refractivity contribution in [2.24, 2.45) is 11.8 Å². The van der Waals surface area contributed by atoms with Crippen molar-refractivity contribution in [2.75, 3.05) is 0 Å². The van der Waals surface area contributed by atoms with E-state index < -0.39 is 0 Å². The minimum Gasteiger partial charge on any atom is -0.135 e. The van der Waals surface area contributed by atoms with E-state index in [1.807, 2.05) is 11.3 Å². The molecule has 0 saturated carbocycles. The van der Waals surface area contributed by atoms with E-state index in [0.29, 0.717) is 23.7 Å². The minimum atomic E-state index is 0.429. The van der Waals surface area contributed by atoms with Gasteiger partial charge in [0.25, 0.3) is 0 Å². The zero-order valence-corrected chi connectivity index (χ0v) is 28.4. The van der Waals surface area contributed by atoms with Gasteiger partial charge in [0.2, 0.25) is 0 Å². The standard InChI is InChI=1S/C48H38S/c1-2-13-31(14-3-1)34-29-30-43(37-16-5-4-15-36(34)37)47-41-20-8-6-18-39(41)46(40-19-7-9-21-42(40)47)33-27-25-32(26-28-33)35-22-12-23-44-38-17-10-11-24-45(38)49-48(35)44/h1-6,8-13,15-17,20-31,39-40,46H,7,14,18-19H2. The lowest BCUT2D eigenvalue weighted by Gasteiger charge is -2.45. The van der Waals surface area contributed by atoms with Gasteiger partial charge in [-0.1, -0.05) is 152 Å². The Hall–Kier alpha value is -4.98. The number of hydrogen-bond donors (Lipinski definition) is 0. The van der Waals surface area contributed by atoms with Gasteiger partial charge in [0.1, 0.15) is 0 Å². The zero-order valence-electron chi connectivity index (χ0n) is 27.6. The normalized spacial score (nSPS) is 22.9. The monoisotopic (exact) mass is 646 g/mol. The van der Waals surface area contributed by atoms with E-state index >= 15 is 0 Å². The Morgan fingerprint density at radius 1 is 0.592 bits per heavy atom. The smallest absolute Gasteiger partial charge is 0.0433 e. The van der Waals surface area contributed by atoms with Gasteiger partial charge >= 0.3 is 0 Å². The van der Waals surface area contributed by atoms with Crippen LogP contribution >= 0.6 is 11.3 Å². The first kappa shape index (κ1) is 29.0. The molecule has 4 aliphatic rings. The summed E-state index contributed by atoms with van der Waals surface area (Å²) in [5.41, 5.74) is 11.5. The molecule has 4 atom stereocenters. The fourth-order valence-electron chi connectivity index (χ4n) is 9.42. The van der Waals surface area contributed by atoms with E-state index in [-0.39, 0.29) is 0 Å². The van der Waals surface area contributed by atoms with Crippen LogP contribution in [0.3, 0.4) is 0 Å². The molecule has 0 aliphatic heterocycles. The number of fused-ring (bicyclic) bond motifs is 6. The predicted octanol–water partition coefficient (Wildman–Crippen LogP) is 13.5. The Kier molecular flexibility index (Phi) is 7.02. The van der Waals surface area contributed by atoms with Gasteiger partial charge in [-0.2, -0.15) is 0 Å². The number of hydrogen-bond acceptors (Lipinski definition) is 1. The van der Waals surface area contributed by atoms with E-state index in [0.717, 1.165) is 19.3 Å². The molecule has 0 bridgehead atoms. The Morgan fingerprint density at radius 3 is 2.29 bits per heavy atom. The molecule has 4 unspecified atom stereocenters. The maximum atomic E-state index is 2.49. The summed E-state index contributed by atoms with van der Waals surface area (Å²) in [6, 6.07) is 39.4. The van der Waals surface area contributed by atoms with Crippen molar-refractivity contribution < 1.29 is 0 Å². The highest BCUT2D eigenvalue weighted by atomic mass is 32.1. The average Bonchev–Trinajstić information content (AvgIpc) is 3.56. The number of rotatable bonds is 4. The molecule has 0 fully saturated rings. The Balaban J connectivity index is 1.09. The highest BCUT2D eigenvalue weighted by molar-refractivity contribution is 7.26. The second-order valence-electron chi connectivity index (χ2n) is 14.1. The number of thiophene rings is 1. The number of benzene rings is 5. The highest BCUT2D eigenvalue weighted by Gasteiger charge is 2.42. The van der Waals surface area contributed by atoms with E-state index in [4.69, 9.17) is 0 Å². The maximum Gasteiger partial charge on any atom is 0.0433 e. The highest BCUT2D eigenvalue weighted by Crippen LogP contribution is 2.56. The molecule has 0 N–H and O–H groups in total. The second kappa shape index (κ2) is 11.9. The predicted molar refractivity (Wildman–Crippen MR) is 211 cm³/mol. The molecule has 0 nitrogen and oxygen atoms in total. The molecular formula is C48H38S. The molecule has 10 rings (SSSR count). The minimum absolute atomic E-state index is 0.429. The first-order chi connectivity index (χ1) is 24.3. The molecule has 0 radical (unpaired) electrons. The van der Waals surface area contributed by atoms with Crippen molar-refractivity contribution in [2.45, 2.75) is 37.5 Å². The van der Waals surface area contributed by atoms with Crippen LogP contribution in [0.25, 0.3) is 47.6 Å². The van der Waals surface area contributed by atoms with Crippen LogP contribution in [-0.4, -0.2) is 0 Å². The molecular weight excluding hydrogens is 609 g/mol. The molecule has 5 aromatic carbocycles. The summed E-state index contributed by atoms with van der Waals surface area (Å²) in [5.74, 6) is 1.84. The average molecular weight is 647 g/mol. The largest absolute Gasteiger partial charge is 0.135 e. The van der Waals surface area contributed by atoms with Crippen LogP contribution in [0.5, 0.6) is 0 Å². The summed E-state index contributed by atoms with van der Waals surface area (Å²) in [5, 5.41) is 5.50. The van der Waals surface area contributed by atoms with Crippen molar-refractivity contribution in [1.29, 1.82) is 0 Å². The molecule has 0 amide bonds. The third kappa shape index (κ3) is 4.71. The quantitative estimate of drug-likeness (QED) is 0.179. The zero-order chi connectivity index (χ0) is 32.3. The van der Waals surface area contributed by atoms with Crippen LogP contribution in [0.1, 0.15) is 54.2 Å². The third-order valence-corrected chi connectivity index (χ3v) is 12.8. The summed E-state index contributed by atoms with van der Waals surface area (Å²) < 4.78 is 2.75. The molecule has 0 saturated heterocycles. The first-order valence-corrected chi connectivity index (χ1v) is 18.8. The van der Waals surface area contributed by atoms with Gasteiger partial charge in [-0.15, -0.1) is 11.3 Å². The van der Waals surface area contributed by atoms with Gasteiger partial charge < -0.3 is 0 Å². The molecule has 0 spiro atoms. The summed E-state index contributed by atoms with van der Waals surface area (Å²) >= 11 is 1.92. The summed E-state index contributed by atoms with van der Waals surface area (Å²) in [6.07, 6.45) is 25.6. The third-order valence-electron chi connectivity index (χ3n) is 11.6. The fraction of sp³-hybridized carbons (Fsp3) is 0.167. The molecule has 49 heavy (non-hydrogen) atoms. The maximum absolute atomic E-state index is 2.49. The fourth-order valence-corrected chi connectivity index (χ4v) is 10.7. The lowest BCUT2D eigenvalue weighted by molar-refractivity contribution is 0.353. The molecule has 1 heterocycles. The van der Waals surface area contributed by atoms with Crippen molar-refractivity contribution in [3.05, 3.63) is 186 Å². The van der Waals surface area contributed by atoms with Crippen molar-refractivity contribution >= 4 is 47.9 Å². The van der Waals surface area contributed by atoms with Gasteiger partial charge in [-0.05, 0) is 105 Å². The van der Waals surface area contributed by atoms with Gasteiger partial charge in [-0.25, -0.2) is 0 Å². The summed E-state index contributed by atoms with van der Waals surface area (Å²) in [4.78, 5) is 0. The lowest BCUT2D eigenvalue weighted by atomic mass is 9.59. The van der Waals surface area contributed by atoms with Gasteiger partial charge in [0.15, 0.2) is 0 Å². The molecule has 1 heteroatoms. The van der Waals surface area contributed by atoms with E-state index in [1.54, 1.807) is 0 Å². The van der Waals surface area contributed by atoms with Crippen LogP contribution in [0.15, 0.2) is 169 Å². The van der Waals surface area contributed by atoms with Gasteiger partial charge in [0.05, 0.1) is 0 Å². The van der Waals surface area contributed by atoms with Gasteiger partial charge in [-0.3, -0.25) is 0 Å². The Bertz CT molecular complexity index is 2450. The van der Waals surface area contributed by atoms with Crippen LogP contribution in [0, 0.1) is 11.8 Å². The van der Waals surface area contributed by atoms with E-state index in [9.17, 15) is 0 Å². The van der Waals surface area contributed by atoms with E-state index in [1.165, 1.54) is 81.9 Å². The Labute approximate surface area is 292 Å². The van der Waals surface area contributed by atoms with Crippen LogP contribution < -0.4 is 0 Å². The first-order valence-electron chi connectivity index (χ1n) is 18.0. The molecule has 4 aliphatic carbocycles. The van der Waals surface area contributed by atoms with Crippen molar-refractivity contribution in [3.8, 4) is 11.1 Å². The van der Waals surface area contributed by atoms with Crippen LogP contribution in [-0.2, 0) is 0 Å². The van der Waals surface area contributed by atoms with E-state index in [2.05, 4.69) is 158 Å². The van der Waals surface area contributed by atoms with Crippen molar-refractivity contribution in [3.63, 3.8) is 0 Å². The summed E-state index contributed by atoms with van der Waals surface area (Å²) in [6.45, 7) is 0. The second-order valence-corrected chi connectivity index (χ2v) is 15.2. The summed E-state index contributed by atoms with van der Waals surface area (Å²) in [7, 11) is 0. The van der Waals surface area contributed by atoms with Crippen molar-refractivity contribution in [1.82, 2.24) is 0 Å². The lowest BCUT2D eigenvalue weighted by Crippen LogP contribution is -2.31. The van der Waals surface area contributed by atoms with Crippen LogP contribution in [0.4, 0.5) is 0 Å². The number of allylic oxidation sites excluding steroid dienone is 12. The molecule has 1 aromatic heterocycles. The van der Waals surface area contributed by atoms with Gasteiger partial charge in [0, 0.05) is 26.1 Å².